The van der Waals surface area contributed by atoms with Crippen LogP contribution in [0.15, 0.2) is 18.2 Å². The Kier molecular flexibility index (Phi) is 4.89. The van der Waals surface area contributed by atoms with Crippen molar-refractivity contribution < 1.29 is 19.0 Å². The van der Waals surface area contributed by atoms with E-state index in [0.29, 0.717) is 5.56 Å². The lowest BCUT2D eigenvalue weighted by molar-refractivity contribution is 0.0481. The maximum atomic E-state index is 13.3. The summed E-state index contributed by atoms with van der Waals surface area (Å²) >= 11 is 0. The van der Waals surface area contributed by atoms with Gasteiger partial charge in [-0.25, -0.2) is 9.18 Å². The van der Waals surface area contributed by atoms with Crippen molar-refractivity contribution in [1.29, 1.82) is 0 Å². The number of aryl methyl sites for hydroxylation is 1. The number of halogens is 1. The summed E-state index contributed by atoms with van der Waals surface area (Å²) in [6.07, 6.45) is -0.645. The summed E-state index contributed by atoms with van der Waals surface area (Å²) in [6.45, 7) is 6.64. The maximum Gasteiger partial charge on any atom is 0.408 e. The van der Waals surface area contributed by atoms with Crippen molar-refractivity contribution in [3.05, 3.63) is 35.1 Å². The van der Waals surface area contributed by atoms with Crippen LogP contribution in [0, 0.1) is 12.7 Å². The van der Waals surface area contributed by atoms with E-state index in [9.17, 15) is 14.3 Å². The summed E-state index contributed by atoms with van der Waals surface area (Å²) in [5.41, 5.74) is 0.604. The number of carbonyl (C=O) groups is 1. The second kappa shape index (κ2) is 6.02. The van der Waals surface area contributed by atoms with Crippen LogP contribution in [0.25, 0.3) is 0 Å². The van der Waals surface area contributed by atoms with Crippen molar-refractivity contribution in [2.75, 3.05) is 6.61 Å². The van der Waals surface area contributed by atoms with E-state index in [-0.39, 0.29) is 6.61 Å². The highest BCUT2D eigenvalue weighted by molar-refractivity contribution is 5.68. The molecule has 0 saturated carbocycles. The zero-order chi connectivity index (χ0) is 14.6. The summed E-state index contributed by atoms with van der Waals surface area (Å²) in [4.78, 5) is 11.6. The van der Waals surface area contributed by atoms with E-state index in [0.717, 1.165) is 5.56 Å². The third kappa shape index (κ3) is 5.26. The minimum atomic E-state index is -0.691. The second-order valence-corrected chi connectivity index (χ2v) is 5.44. The molecule has 19 heavy (non-hydrogen) atoms. The number of nitrogens with one attached hydrogen (secondary N) is 1. The van der Waals surface area contributed by atoms with Crippen molar-refractivity contribution >= 4 is 6.09 Å². The lowest BCUT2D eigenvalue weighted by Gasteiger charge is -2.23. The van der Waals surface area contributed by atoms with E-state index < -0.39 is 23.6 Å². The van der Waals surface area contributed by atoms with Crippen molar-refractivity contribution in [3.8, 4) is 0 Å². The maximum absolute atomic E-state index is 13.3. The van der Waals surface area contributed by atoms with Gasteiger partial charge in [0, 0.05) is 0 Å². The molecule has 0 saturated heterocycles. The van der Waals surface area contributed by atoms with Gasteiger partial charge in [-0.1, -0.05) is 6.07 Å². The molecule has 0 spiro atoms. The first-order valence-corrected chi connectivity index (χ1v) is 6.09. The molecule has 1 unspecified atom stereocenters. The van der Waals surface area contributed by atoms with Gasteiger partial charge in [-0.2, -0.15) is 0 Å². The highest BCUT2D eigenvalue weighted by Crippen LogP contribution is 2.17. The molecule has 0 aliphatic carbocycles. The fraction of sp³-hybridized carbons (Fsp3) is 0.500. The SMILES string of the molecule is Cc1cc(F)cc(C(CO)NC(=O)OC(C)(C)C)c1. The summed E-state index contributed by atoms with van der Waals surface area (Å²) < 4.78 is 18.4. The average Bonchev–Trinajstić information content (AvgIpc) is 2.21. The van der Waals surface area contributed by atoms with Gasteiger partial charge in [0.1, 0.15) is 11.4 Å². The minimum Gasteiger partial charge on any atom is -0.444 e. The molecule has 1 aromatic rings. The first-order chi connectivity index (χ1) is 8.71. The molecule has 1 amide bonds. The van der Waals surface area contributed by atoms with Crippen LogP contribution in [-0.2, 0) is 4.74 Å². The van der Waals surface area contributed by atoms with Crippen LogP contribution in [0.4, 0.5) is 9.18 Å². The molecule has 1 rings (SSSR count). The summed E-state index contributed by atoms with van der Waals surface area (Å²) in [7, 11) is 0. The second-order valence-electron chi connectivity index (χ2n) is 5.44. The topological polar surface area (TPSA) is 58.6 Å². The van der Waals surface area contributed by atoms with Gasteiger partial charge >= 0.3 is 6.09 Å². The average molecular weight is 269 g/mol. The van der Waals surface area contributed by atoms with Crippen LogP contribution in [-0.4, -0.2) is 23.4 Å². The van der Waals surface area contributed by atoms with Crippen LogP contribution < -0.4 is 5.32 Å². The number of rotatable bonds is 3. The number of benzene rings is 1. The van der Waals surface area contributed by atoms with E-state index in [1.807, 2.05) is 0 Å². The molecule has 0 aromatic heterocycles. The quantitative estimate of drug-likeness (QED) is 0.887. The van der Waals surface area contributed by atoms with Crippen LogP contribution in [0.3, 0.4) is 0 Å². The molecule has 0 bridgehead atoms. The van der Waals surface area contributed by atoms with E-state index >= 15 is 0 Å². The monoisotopic (exact) mass is 269 g/mol. The molecule has 0 heterocycles. The third-order valence-electron chi connectivity index (χ3n) is 2.34. The smallest absolute Gasteiger partial charge is 0.408 e. The molecular weight excluding hydrogens is 249 g/mol. The molecule has 0 radical (unpaired) electrons. The van der Waals surface area contributed by atoms with Gasteiger partial charge in [-0.05, 0) is 51.0 Å². The molecule has 0 aliphatic heterocycles. The highest BCUT2D eigenvalue weighted by Gasteiger charge is 2.20. The van der Waals surface area contributed by atoms with Crippen molar-refractivity contribution in [3.63, 3.8) is 0 Å². The Bertz CT molecular complexity index is 434. The predicted octanol–water partition coefficient (Wildman–Crippen LogP) is 2.69. The Labute approximate surface area is 112 Å². The van der Waals surface area contributed by atoms with Crippen LogP contribution >= 0.6 is 0 Å². The molecule has 5 heteroatoms. The van der Waals surface area contributed by atoms with Crippen LogP contribution in [0.5, 0.6) is 0 Å². The zero-order valence-corrected chi connectivity index (χ0v) is 11.7. The molecule has 1 aromatic carbocycles. The van der Waals surface area contributed by atoms with Gasteiger partial charge < -0.3 is 15.2 Å². The number of alkyl carbamates (subject to hydrolysis) is 1. The largest absolute Gasteiger partial charge is 0.444 e. The minimum absolute atomic E-state index is 0.331. The van der Waals surface area contributed by atoms with Crippen molar-refractivity contribution in [1.82, 2.24) is 5.32 Å². The van der Waals surface area contributed by atoms with E-state index in [1.165, 1.54) is 12.1 Å². The fourth-order valence-electron chi connectivity index (χ4n) is 1.65. The van der Waals surface area contributed by atoms with Gasteiger partial charge in [0.2, 0.25) is 0 Å². The van der Waals surface area contributed by atoms with E-state index in [2.05, 4.69) is 5.32 Å². The number of amides is 1. The molecule has 0 fully saturated rings. The zero-order valence-electron chi connectivity index (χ0n) is 11.7. The Morgan fingerprint density at radius 1 is 1.42 bits per heavy atom. The number of ether oxygens (including phenoxy) is 1. The molecule has 4 nitrogen and oxygen atoms in total. The Balaban J connectivity index is 2.81. The highest BCUT2D eigenvalue weighted by atomic mass is 19.1. The molecule has 106 valence electrons. The van der Waals surface area contributed by atoms with Crippen LogP contribution in [0.1, 0.15) is 37.9 Å². The molecule has 2 N–H and O–H groups in total. The van der Waals surface area contributed by atoms with Gasteiger partial charge in [-0.15, -0.1) is 0 Å². The van der Waals surface area contributed by atoms with Gasteiger partial charge in [0.25, 0.3) is 0 Å². The molecule has 1 atom stereocenters. The Morgan fingerprint density at radius 3 is 2.53 bits per heavy atom. The van der Waals surface area contributed by atoms with Gasteiger partial charge in [-0.3, -0.25) is 0 Å². The third-order valence-corrected chi connectivity index (χ3v) is 2.34. The first kappa shape index (κ1) is 15.4. The number of hydrogen-bond donors (Lipinski definition) is 2. The predicted molar refractivity (Wildman–Crippen MR) is 70.3 cm³/mol. The van der Waals surface area contributed by atoms with Crippen LogP contribution in [0.2, 0.25) is 0 Å². The van der Waals surface area contributed by atoms with Gasteiger partial charge in [0.05, 0.1) is 12.6 Å². The first-order valence-electron chi connectivity index (χ1n) is 6.09. The normalized spacial score (nSPS) is 12.9. The summed E-state index contributed by atoms with van der Waals surface area (Å²) in [5.74, 6) is -0.403. The van der Waals surface area contributed by atoms with Crippen molar-refractivity contribution in [2.24, 2.45) is 0 Å². The van der Waals surface area contributed by atoms with Crippen molar-refractivity contribution in [2.45, 2.75) is 39.3 Å². The fourth-order valence-corrected chi connectivity index (χ4v) is 1.65. The van der Waals surface area contributed by atoms with E-state index in [4.69, 9.17) is 4.74 Å². The summed E-state index contributed by atoms with van der Waals surface area (Å²) in [6, 6.07) is 3.68. The van der Waals surface area contributed by atoms with E-state index in [1.54, 1.807) is 33.8 Å². The van der Waals surface area contributed by atoms with Gasteiger partial charge in [0.15, 0.2) is 0 Å². The Morgan fingerprint density at radius 2 is 2.05 bits per heavy atom. The number of hydrogen-bond acceptors (Lipinski definition) is 3. The lowest BCUT2D eigenvalue weighted by atomic mass is 10.0. The Hall–Kier alpha value is -1.62. The molecule has 0 aliphatic rings. The molecular formula is C14H20FNO3. The number of carbonyl (C=O) groups excluding carboxylic acids is 1. The standard InChI is InChI=1S/C14H20FNO3/c1-9-5-10(7-11(15)6-9)12(8-17)16-13(18)19-14(2,3)4/h5-7,12,17H,8H2,1-4H3,(H,16,18). The number of aliphatic hydroxyl groups excluding tert-OH is 1. The number of aliphatic hydroxyl groups is 1. The lowest BCUT2D eigenvalue weighted by Crippen LogP contribution is -2.36. The summed E-state index contributed by atoms with van der Waals surface area (Å²) in [5, 5.41) is 11.8.